The summed E-state index contributed by atoms with van der Waals surface area (Å²) in [6, 6.07) is -0.885. The third-order valence-electron chi connectivity index (χ3n) is 1.87. The molecule has 0 aromatic rings. The van der Waals surface area contributed by atoms with E-state index in [-0.39, 0.29) is 0 Å². The maximum Gasteiger partial charge on any atom is 0.408 e. The van der Waals surface area contributed by atoms with E-state index < -0.39 is 23.7 Å². The molecule has 0 aliphatic carbocycles. The highest BCUT2D eigenvalue weighted by Gasteiger charge is 2.23. The van der Waals surface area contributed by atoms with Crippen LogP contribution in [0.3, 0.4) is 0 Å². The van der Waals surface area contributed by atoms with E-state index in [9.17, 15) is 9.59 Å². The lowest BCUT2D eigenvalue weighted by Crippen LogP contribution is -2.43. The fraction of sp³-hybridized carbons (Fsp3) is 0.818. The number of hydrogen-bond donors (Lipinski definition) is 2. The van der Waals surface area contributed by atoms with Gasteiger partial charge in [-0.15, -0.1) is 0 Å². The normalized spacial score (nSPS) is 12.9. The highest BCUT2D eigenvalue weighted by atomic mass is 79.9. The molecule has 1 unspecified atom stereocenters. The predicted octanol–water partition coefficient (Wildman–Crippen LogP) is 2.53. The third kappa shape index (κ3) is 8.97. The Labute approximate surface area is 110 Å². The number of ether oxygens (including phenoxy) is 1. The summed E-state index contributed by atoms with van der Waals surface area (Å²) in [6.45, 7) is 5.19. The van der Waals surface area contributed by atoms with Crippen molar-refractivity contribution in [2.45, 2.75) is 51.7 Å². The quantitative estimate of drug-likeness (QED) is 0.584. The standard InChI is InChI=1S/C11H20BrNO4/c1-11(2,3)17-10(16)13-8(9(14)15)6-4-5-7-12/h8H,4-7H2,1-3H3,(H,13,16)(H,14,15). The summed E-state index contributed by atoms with van der Waals surface area (Å²) in [7, 11) is 0. The minimum absolute atomic E-state index is 0.403. The summed E-state index contributed by atoms with van der Waals surface area (Å²) in [6.07, 6.45) is 1.32. The van der Waals surface area contributed by atoms with Gasteiger partial charge in [-0.2, -0.15) is 0 Å². The number of aliphatic carboxylic acids is 1. The highest BCUT2D eigenvalue weighted by Crippen LogP contribution is 2.08. The Bertz CT molecular complexity index is 263. The van der Waals surface area contributed by atoms with Crippen LogP contribution in [0.4, 0.5) is 4.79 Å². The lowest BCUT2D eigenvalue weighted by Gasteiger charge is -2.21. The van der Waals surface area contributed by atoms with Crippen LogP contribution in [-0.4, -0.2) is 34.1 Å². The molecule has 0 aliphatic rings. The largest absolute Gasteiger partial charge is 0.480 e. The molecule has 1 atom stereocenters. The zero-order chi connectivity index (χ0) is 13.5. The first-order valence-electron chi connectivity index (χ1n) is 5.54. The molecule has 0 bridgehead atoms. The number of alkyl halides is 1. The van der Waals surface area contributed by atoms with Gasteiger partial charge in [0, 0.05) is 5.33 Å². The molecule has 5 nitrogen and oxygen atoms in total. The number of alkyl carbamates (subject to hydrolysis) is 1. The van der Waals surface area contributed by atoms with Crippen LogP contribution in [0.15, 0.2) is 0 Å². The van der Waals surface area contributed by atoms with Crippen molar-refractivity contribution >= 4 is 28.0 Å². The Morgan fingerprint density at radius 3 is 2.35 bits per heavy atom. The van der Waals surface area contributed by atoms with Gasteiger partial charge in [-0.05, 0) is 40.0 Å². The zero-order valence-corrected chi connectivity index (χ0v) is 12.0. The van der Waals surface area contributed by atoms with Gasteiger partial charge in [0.25, 0.3) is 0 Å². The van der Waals surface area contributed by atoms with E-state index in [1.165, 1.54) is 0 Å². The van der Waals surface area contributed by atoms with Gasteiger partial charge in [-0.1, -0.05) is 15.9 Å². The molecule has 17 heavy (non-hydrogen) atoms. The van der Waals surface area contributed by atoms with Gasteiger partial charge in [0.1, 0.15) is 11.6 Å². The second-order valence-electron chi connectivity index (χ2n) is 4.72. The Morgan fingerprint density at radius 2 is 1.94 bits per heavy atom. The maximum absolute atomic E-state index is 11.4. The van der Waals surface area contributed by atoms with Crippen molar-refractivity contribution in [3.05, 3.63) is 0 Å². The first kappa shape index (κ1) is 16.2. The Morgan fingerprint density at radius 1 is 1.35 bits per heavy atom. The van der Waals surface area contributed by atoms with E-state index in [1.54, 1.807) is 20.8 Å². The Balaban J connectivity index is 4.16. The van der Waals surface area contributed by atoms with Crippen LogP contribution in [0, 0.1) is 0 Å². The number of rotatable bonds is 6. The smallest absolute Gasteiger partial charge is 0.408 e. The highest BCUT2D eigenvalue weighted by molar-refractivity contribution is 9.09. The van der Waals surface area contributed by atoms with Gasteiger partial charge in [0.05, 0.1) is 0 Å². The molecule has 0 fully saturated rings. The van der Waals surface area contributed by atoms with Crippen molar-refractivity contribution in [1.29, 1.82) is 0 Å². The Kier molecular flexibility index (Phi) is 7.18. The zero-order valence-electron chi connectivity index (χ0n) is 10.5. The minimum Gasteiger partial charge on any atom is -0.480 e. The molecular weight excluding hydrogens is 290 g/mol. The summed E-state index contributed by atoms with van der Waals surface area (Å²) in [5, 5.41) is 12.1. The van der Waals surface area contributed by atoms with Crippen LogP contribution >= 0.6 is 15.9 Å². The SMILES string of the molecule is CC(C)(C)OC(=O)NC(CCCCBr)C(=O)O. The lowest BCUT2D eigenvalue weighted by molar-refractivity contribution is -0.139. The van der Waals surface area contributed by atoms with E-state index in [1.807, 2.05) is 0 Å². The summed E-state index contributed by atoms with van der Waals surface area (Å²) >= 11 is 3.27. The van der Waals surface area contributed by atoms with Gasteiger partial charge in [0.2, 0.25) is 0 Å². The van der Waals surface area contributed by atoms with Gasteiger partial charge in [0.15, 0.2) is 0 Å². The van der Waals surface area contributed by atoms with E-state index >= 15 is 0 Å². The van der Waals surface area contributed by atoms with Crippen molar-refractivity contribution < 1.29 is 19.4 Å². The van der Waals surface area contributed by atoms with Crippen LogP contribution in [0.1, 0.15) is 40.0 Å². The molecule has 6 heteroatoms. The lowest BCUT2D eigenvalue weighted by atomic mass is 10.1. The van der Waals surface area contributed by atoms with E-state index in [0.29, 0.717) is 6.42 Å². The van der Waals surface area contributed by atoms with Crippen LogP contribution < -0.4 is 5.32 Å². The molecule has 0 spiro atoms. The molecule has 0 saturated heterocycles. The van der Waals surface area contributed by atoms with E-state index in [2.05, 4.69) is 21.2 Å². The fourth-order valence-corrected chi connectivity index (χ4v) is 1.55. The number of halogens is 1. The van der Waals surface area contributed by atoms with Crippen molar-refractivity contribution in [1.82, 2.24) is 5.32 Å². The van der Waals surface area contributed by atoms with Crippen molar-refractivity contribution in [3.63, 3.8) is 0 Å². The fourth-order valence-electron chi connectivity index (χ4n) is 1.15. The molecular formula is C11H20BrNO4. The molecule has 0 rings (SSSR count). The van der Waals surface area contributed by atoms with Gasteiger partial charge in [-0.25, -0.2) is 9.59 Å². The topological polar surface area (TPSA) is 75.6 Å². The molecule has 2 N–H and O–H groups in total. The second-order valence-corrected chi connectivity index (χ2v) is 5.51. The van der Waals surface area contributed by atoms with Crippen LogP contribution in [0.25, 0.3) is 0 Å². The number of carboxylic acids is 1. The number of nitrogens with one attached hydrogen (secondary N) is 1. The second kappa shape index (κ2) is 7.53. The van der Waals surface area contributed by atoms with E-state index in [0.717, 1.165) is 18.2 Å². The van der Waals surface area contributed by atoms with Crippen LogP contribution in [-0.2, 0) is 9.53 Å². The first-order valence-corrected chi connectivity index (χ1v) is 6.66. The van der Waals surface area contributed by atoms with Crippen molar-refractivity contribution in [2.75, 3.05) is 5.33 Å². The number of carbonyl (C=O) groups excluding carboxylic acids is 1. The summed E-state index contributed by atoms with van der Waals surface area (Å²) in [5.74, 6) is -1.04. The molecule has 0 aromatic carbocycles. The molecule has 0 radical (unpaired) electrons. The maximum atomic E-state index is 11.4. The first-order chi connectivity index (χ1) is 7.76. The average Bonchev–Trinajstić information content (AvgIpc) is 2.13. The number of hydrogen-bond acceptors (Lipinski definition) is 3. The summed E-state index contributed by atoms with van der Waals surface area (Å²) in [4.78, 5) is 22.3. The predicted molar refractivity (Wildman–Crippen MR) is 68.4 cm³/mol. The molecule has 0 aromatic heterocycles. The van der Waals surface area contributed by atoms with Crippen molar-refractivity contribution in [3.8, 4) is 0 Å². The van der Waals surface area contributed by atoms with E-state index in [4.69, 9.17) is 9.84 Å². The van der Waals surface area contributed by atoms with Crippen molar-refractivity contribution in [2.24, 2.45) is 0 Å². The van der Waals surface area contributed by atoms with Gasteiger partial charge >= 0.3 is 12.1 Å². The number of carboxylic acid groups (broad SMARTS) is 1. The molecule has 100 valence electrons. The monoisotopic (exact) mass is 309 g/mol. The molecule has 0 heterocycles. The molecule has 0 saturated carbocycles. The van der Waals surface area contributed by atoms with Crippen LogP contribution in [0.5, 0.6) is 0 Å². The summed E-state index contributed by atoms with van der Waals surface area (Å²) in [5.41, 5.74) is -0.622. The molecule has 0 aliphatic heterocycles. The summed E-state index contributed by atoms with van der Waals surface area (Å²) < 4.78 is 5.00. The number of unbranched alkanes of at least 4 members (excludes halogenated alkanes) is 1. The third-order valence-corrected chi connectivity index (χ3v) is 2.43. The van der Waals surface area contributed by atoms with Crippen LogP contribution in [0.2, 0.25) is 0 Å². The number of carbonyl (C=O) groups is 2. The van der Waals surface area contributed by atoms with Gasteiger partial charge < -0.3 is 15.2 Å². The minimum atomic E-state index is -1.04. The number of amides is 1. The Hall–Kier alpha value is -0.780. The average molecular weight is 310 g/mol. The molecule has 1 amide bonds. The van der Waals surface area contributed by atoms with Gasteiger partial charge in [-0.3, -0.25) is 0 Å².